The third-order valence-electron chi connectivity index (χ3n) is 6.59. The maximum atomic E-state index is 13.1. The maximum Gasteiger partial charge on any atom is 0.268 e. The third kappa shape index (κ3) is 5.27. The Morgan fingerprint density at radius 3 is 2.48 bits per heavy atom. The molecule has 1 atom stereocenters. The highest BCUT2D eigenvalue weighted by molar-refractivity contribution is 6.05. The van der Waals surface area contributed by atoms with Crippen molar-refractivity contribution in [3.63, 3.8) is 0 Å². The lowest BCUT2D eigenvalue weighted by atomic mass is 9.90. The first kappa shape index (κ1) is 23.0. The minimum atomic E-state index is -0.667. The molecule has 6 heteroatoms. The summed E-state index contributed by atoms with van der Waals surface area (Å²) in [5, 5.41) is 0. The number of nitrogens with zero attached hydrogens (tertiary/aromatic N) is 2. The average Bonchev–Trinajstić information content (AvgIpc) is 2.83. The summed E-state index contributed by atoms with van der Waals surface area (Å²) in [6.07, 6.45) is 3.48. The van der Waals surface area contributed by atoms with Gasteiger partial charge in [0.15, 0.2) is 11.9 Å². The fourth-order valence-corrected chi connectivity index (χ4v) is 4.68. The van der Waals surface area contributed by atoms with Crippen molar-refractivity contribution >= 4 is 23.3 Å². The molecule has 2 aliphatic rings. The Morgan fingerprint density at radius 1 is 1.06 bits per heavy atom. The average molecular weight is 449 g/mol. The number of ether oxygens (including phenoxy) is 1. The molecule has 0 aromatic heterocycles. The van der Waals surface area contributed by atoms with Crippen LogP contribution in [0.4, 0.5) is 5.69 Å². The standard InChI is InChI=1S/C27H32N2O4/c1-3-7-24(30)22-10-11-25-23(17-22)29(27(32)19(2)33-25)18-26(31)28-14-12-21(13-15-28)16-20-8-5-4-6-9-20/h4-6,8-11,17,19,21H,3,7,12-16,18H2,1-2H3. The molecule has 6 nitrogen and oxygen atoms in total. The monoisotopic (exact) mass is 448 g/mol. The molecule has 0 spiro atoms. The topological polar surface area (TPSA) is 66.9 Å². The zero-order chi connectivity index (χ0) is 23.4. The third-order valence-corrected chi connectivity index (χ3v) is 6.59. The van der Waals surface area contributed by atoms with E-state index in [1.807, 2.05) is 17.9 Å². The van der Waals surface area contributed by atoms with Gasteiger partial charge in [0.2, 0.25) is 5.91 Å². The van der Waals surface area contributed by atoms with Crippen LogP contribution in [-0.2, 0) is 16.0 Å². The Kier molecular flexibility index (Phi) is 7.11. The number of Topliss-reactive ketones (excluding diaryl/α,β-unsaturated/α-hetero) is 1. The second-order valence-corrected chi connectivity index (χ2v) is 9.05. The summed E-state index contributed by atoms with van der Waals surface area (Å²) < 4.78 is 5.74. The van der Waals surface area contributed by atoms with E-state index in [-0.39, 0.29) is 24.1 Å². The summed E-state index contributed by atoms with van der Waals surface area (Å²) in [5.74, 6) is 0.804. The number of piperidine rings is 1. The Labute approximate surface area is 195 Å². The van der Waals surface area contributed by atoms with Crippen molar-refractivity contribution in [2.75, 3.05) is 24.5 Å². The van der Waals surface area contributed by atoms with Gasteiger partial charge in [-0.3, -0.25) is 19.3 Å². The molecule has 2 heterocycles. The lowest BCUT2D eigenvalue weighted by Crippen LogP contribution is -2.50. The number of hydrogen-bond donors (Lipinski definition) is 0. The summed E-state index contributed by atoms with van der Waals surface area (Å²) in [6, 6.07) is 15.6. The van der Waals surface area contributed by atoms with Crippen molar-refractivity contribution in [1.82, 2.24) is 4.90 Å². The fourth-order valence-electron chi connectivity index (χ4n) is 4.68. The van der Waals surface area contributed by atoms with Crippen LogP contribution in [0.5, 0.6) is 5.75 Å². The van der Waals surface area contributed by atoms with E-state index in [0.29, 0.717) is 42.4 Å². The van der Waals surface area contributed by atoms with E-state index < -0.39 is 6.10 Å². The second kappa shape index (κ2) is 10.2. The van der Waals surface area contributed by atoms with Crippen LogP contribution in [0.2, 0.25) is 0 Å². The molecule has 2 aromatic carbocycles. The molecule has 2 aliphatic heterocycles. The van der Waals surface area contributed by atoms with Gasteiger partial charge >= 0.3 is 0 Å². The first-order valence-corrected chi connectivity index (χ1v) is 11.9. The zero-order valence-corrected chi connectivity index (χ0v) is 19.5. The lowest BCUT2D eigenvalue weighted by Gasteiger charge is -2.36. The van der Waals surface area contributed by atoms with Gasteiger partial charge in [-0.25, -0.2) is 0 Å². The van der Waals surface area contributed by atoms with E-state index in [2.05, 4.69) is 24.3 Å². The van der Waals surface area contributed by atoms with Crippen molar-refractivity contribution in [1.29, 1.82) is 0 Å². The van der Waals surface area contributed by atoms with Gasteiger partial charge in [0.1, 0.15) is 12.3 Å². The van der Waals surface area contributed by atoms with Crippen molar-refractivity contribution in [2.45, 2.75) is 52.1 Å². The van der Waals surface area contributed by atoms with Crippen LogP contribution >= 0.6 is 0 Å². The molecule has 4 rings (SSSR count). The van der Waals surface area contributed by atoms with Crippen LogP contribution in [0.25, 0.3) is 0 Å². The van der Waals surface area contributed by atoms with Gasteiger partial charge in [0.25, 0.3) is 5.91 Å². The first-order chi connectivity index (χ1) is 16.0. The molecule has 2 aromatic rings. The number of hydrogen-bond acceptors (Lipinski definition) is 4. The summed E-state index contributed by atoms with van der Waals surface area (Å²) >= 11 is 0. The molecular formula is C27H32N2O4. The number of anilines is 1. The van der Waals surface area contributed by atoms with E-state index in [9.17, 15) is 14.4 Å². The fraction of sp³-hybridized carbons (Fsp3) is 0.444. The Balaban J connectivity index is 1.43. The molecule has 33 heavy (non-hydrogen) atoms. The molecule has 0 bridgehead atoms. The van der Waals surface area contributed by atoms with Crippen LogP contribution in [0.3, 0.4) is 0 Å². The summed E-state index contributed by atoms with van der Waals surface area (Å²) in [5.41, 5.74) is 2.38. The number of carbonyl (C=O) groups is 3. The van der Waals surface area contributed by atoms with E-state index in [1.165, 1.54) is 10.5 Å². The number of ketones is 1. The van der Waals surface area contributed by atoms with Crippen LogP contribution in [-0.4, -0.2) is 48.2 Å². The van der Waals surface area contributed by atoms with Gasteiger partial charge in [-0.2, -0.15) is 0 Å². The molecule has 0 aliphatic carbocycles. The normalized spacial score (nSPS) is 18.6. The Bertz CT molecular complexity index is 1010. The quantitative estimate of drug-likeness (QED) is 0.594. The molecule has 2 amide bonds. The number of amides is 2. The smallest absolute Gasteiger partial charge is 0.268 e. The van der Waals surface area contributed by atoms with E-state index in [1.54, 1.807) is 25.1 Å². The molecule has 174 valence electrons. The van der Waals surface area contributed by atoms with Crippen LogP contribution in [0.15, 0.2) is 48.5 Å². The minimum Gasteiger partial charge on any atom is -0.479 e. The molecule has 1 unspecified atom stereocenters. The van der Waals surface area contributed by atoms with Crippen molar-refractivity contribution in [2.24, 2.45) is 5.92 Å². The van der Waals surface area contributed by atoms with E-state index >= 15 is 0 Å². The first-order valence-electron chi connectivity index (χ1n) is 11.9. The van der Waals surface area contributed by atoms with E-state index in [0.717, 1.165) is 25.7 Å². The predicted molar refractivity (Wildman–Crippen MR) is 128 cm³/mol. The lowest BCUT2D eigenvalue weighted by molar-refractivity contribution is -0.134. The molecule has 0 radical (unpaired) electrons. The number of benzene rings is 2. The predicted octanol–water partition coefficient (Wildman–Crippen LogP) is 4.26. The number of likely N-dealkylation sites (tertiary alicyclic amines) is 1. The molecule has 1 saturated heterocycles. The van der Waals surface area contributed by atoms with Gasteiger partial charge in [0.05, 0.1) is 5.69 Å². The number of fused-ring (bicyclic) bond motifs is 1. The largest absolute Gasteiger partial charge is 0.479 e. The molecule has 0 saturated carbocycles. The second-order valence-electron chi connectivity index (χ2n) is 9.05. The molecular weight excluding hydrogens is 416 g/mol. The molecule has 0 N–H and O–H groups in total. The van der Waals surface area contributed by atoms with E-state index in [4.69, 9.17) is 4.74 Å². The zero-order valence-electron chi connectivity index (χ0n) is 19.5. The van der Waals surface area contributed by atoms with Gasteiger partial charge in [0, 0.05) is 25.1 Å². The van der Waals surface area contributed by atoms with Crippen LogP contribution in [0.1, 0.15) is 55.5 Å². The molecule has 1 fully saturated rings. The summed E-state index contributed by atoms with van der Waals surface area (Å²) in [7, 11) is 0. The highest BCUT2D eigenvalue weighted by Gasteiger charge is 2.35. The van der Waals surface area contributed by atoms with Crippen molar-refractivity contribution in [3.05, 3.63) is 59.7 Å². The van der Waals surface area contributed by atoms with Gasteiger partial charge in [-0.05, 0) is 62.3 Å². The Hall–Kier alpha value is -3.15. The highest BCUT2D eigenvalue weighted by atomic mass is 16.5. The summed E-state index contributed by atoms with van der Waals surface area (Å²) in [6.45, 7) is 5.01. The van der Waals surface area contributed by atoms with Crippen LogP contribution in [0, 0.1) is 5.92 Å². The van der Waals surface area contributed by atoms with Gasteiger partial charge < -0.3 is 9.64 Å². The van der Waals surface area contributed by atoms with Crippen molar-refractivity contribution in [3.8, 4) is 5.75 Å². The summed E-state index contributed by atoms with van der Waals surface area (Å²) in [4.78, 5) is 41.8. The maximum absolute atomic E-state index is 13.1. The number of carbonyl (C=O) groups excluding carboxylic acids is 3. The SMILES string of the molecule is CCCC(=O)c1ccc2c(c1)N(CC(=O)N1CCC(Cc3ccccc3)CC1)C(=O)C(C)O2. The number of rotatable bonds is 7. The minimum absolute atomic E-state index is 0.0261. The van der Waals surface area contributed by atoms with Crippen molar-refractivity contribution < 1.29 is 19.1 Å². The van der Waals surface area contributed by atoms with Gasteiger partial charge in [-0.15, -0.1) is 0 Å². The van der Waals surface area contributed by atoms with Gasteiger partial charge in [-0.1, -0.05) is 37.3 Å². The highest BCUT2D eigenvalue weighted by Crippen LogP contribution is 2.35. The Morgan fingerprint density at radius 2 is 1.79 bits per heavy atom. The van der Waals surface area contributed by atoms with Crippen LogP contribution < -0.4 is 9.64 Å².